The standard InChI is InChI=1S/C28H38N2O2/c1-7-32-27(31)22-10-8-9-11-24(22)30(18-21-12-13-21)25-17-23-26(16-20(25)4)29(19(2)3)15-14-28(23,5)6/h8-11,16-17,19,21H,7,12-15,18H2,1-6H3. The van der Waals surface area contributed by atoms with E-state index in [-0.39, 0.29) is 11.4 Å². The predicted molar refractivity (Wildman–Crippen MR) is 133 cm³/mol. The van der Waals surface area contributed by atoms with Gasteiger partial charge in [-0.2, -0.15) is 0 Å². The molecular formula is C28H38N2O2. The maximum Gasteiger partial charge on any atom is 0.340 e. The molecule has 0 unspecified atom stereocenters. The zero-order valence-electron chi connectivity index (χ0n) is 20.6. The molecule has 4 nitrogen and oxygen atoms in total. The van der Waals surface area contributed by atoms with Crippen molar-refractivity contribution >= 4 is 23.0 Å². The lowest BCUT2D eigenvalue weighted by Crippen LogP contribution is -2.41. The van der Waals surface area contributed by atoms with Crippen molar-refractivity contribution in [3.8, 4) is 0 Å². The Bertz CT molecular complexity index is 991. The Kier molecular flexibility index (Phi) is 6.24. The van der Waals surface area contributed by atoms with Gasteiger partial charge >= 0.3 is 5.97 Å². The number of anilines is 3. The van der Waals surface area contributed by atoms with Crippen LogP contribution in [0.15, 0.2) is 36.4 Å². The van der Waals surface area contributed by atoms with E-state index >= 15 is 0 Å². The van der Waals surface area contributed by atoms with Gasteiger partial charge in [-0.1, -0.05) is 26.0 Å². The van der Waals surface area contributed by atoms with Crippen molar-refractivity contribution in [3.63, 3.8) is 0 Å². The number of carbonyl (C=O) groups is 1. The number of para-hydroxylation sites is 1. The summed E-state index contributed by atoms with van der Waals surface area (Å²) in [5.74, 6) is 0.437. The number of ether oxygens (including phenoxy) is 1. The van der Waals surface area contributed by atoms with Gasteiger partial charge in [-0.15, -0.1) is 0 Å². The third-order valence-electron chi connectivity index (χ3n) is 7.07. The fraction of sp³-hybridized carbons (Fsp3) is 0.536. The van der Waals surface area contributed by atoms with E-state index in [9.17, 15) is 4.79 Å². The van der Waals surface area contributed by atoms with Gasteiger partial charge in [0.1, 0.15) is 0 Å². The zero-order valence-corrected chi connectivity index (χ0v) is 20.6. The lowest BCUT2D eigenvalue weighted by molar-refractivity contribution is 0.0527. The molecule has 0 amide bonds. The molecule has 0 spiro atoms. The summed E-state index contributed by atoms with van der Waals surface area (Å²) in [5.41, 5.74) is 6.97. The van der Waals surface area contributed by atoms with Gasteiger partial charge in [0.25, 0.3) is 0 Å². The van der Waals surface area contributed by atoms with Crippen LogP contribution in [-0.2, 0) is 10.2 Å². The molecule has 1 heterocycles. The van der Waals surface area contributed by atoms with Crippen molar-refractivity contribution in [3.05, 3.63) is 53.1 Å². The minimum atomic E-state index is -0.245. The molecular weight excluding hydrogens is 396 g/mol. The highest BCUT2D eigenvalue weighted by atomic mass is 16.5. The van der Waals surface area contributed by atoms with Crippen LogP contribution < -0.4 is 9.80 Å². The van der Waals surface area contributed by atoms with Crippen LogP contribution in [-0.4, -0.2) is 31.7 Å². The SMILES string of the molecule is CCOC(=O)c1ccccc1N(CC1CC1)c1cc2c(cc1C)N(C(C)C)CCC2(C)C. The third-order valence-corrected chi connectivity index (χ3v) is 7.07. The summed E-state index contributed by atoms with van der Waals surface area (Å²) < 4.78 is 5.40. The number of nitrogens with zero attached hydrogens (tertiary/aromatic N) is 2. The van der Waals surface area contributed by atoms with Gasteiger partial charge in [0.15, 0.2) is 0 Å². The fourth-order valence-electron chi connectivity index (χ4n) is 4.92. The van der Waals surface area contributed by atoms with Gasteiger partial charge in [0.2, 0.25) is 0 Å². The number of fused-ring (bicyclic) bond motifs is 1. The molecule has 1 saturated carbocycles. The first-order chi connectivity index (χ1) is 15.2. The summed E-state index contributed by atoms with van der Waals surface area (Å²) in [5, 5.41) is 0. The van der Waals surface area contributed by atoms with Crippen molar-refractivity contribution in [2.45, 2.75) is 72.3 Å². The van der Waals surface area contributed by atoms with Gasteiger partial charge in [-0.25, -0.2) is 4.79 Å². The second-order valence-corrected chi connectivity index (χ2v) is 10.4. The maximum atomic E-state index is 12.8. The lowest BCUT2D eigenvalue weighted by Gasteiger charge is -2.43. The van der Waals surface area contributed by atoms with Gasteiger partial charge in [0.05, 0.1) is 17.9 Å². The second kappa shape index (κ2) is 8.80. The van der Waals surface area contributed by atoms with Crippen molar-refractivity contribution in [2.75, 3.05) is 29.5 Å². The monoisotopic (exact) mass is 434 g/mol. The molecule has 1 aliphatic heterocycles. The average molecular weight is 435 g/mol. The molecule has 2 aromatic rings. The topological polar surface area (TPSA) is 32.8 Å². The number of rotatable bonds is 7. The summed E-state index contributed by atoms with van der Waals surface area (Å²) in [6.07, 6.45) is 3.66. The van der Waals surface area contributed by atoms with Crippen molar-refractivity contribution in [2.24, 2.45) is 5.92 Å². The van der Waals surface area contributed by atoms with Crippen LogP contribution in [0.1, 0.15) is 75.4 Å². The molecule has 2 aliphatic rings. The second-order valence-electron chi connectivity index (χ2n) is 10.4. The highest BCUT2D eigenvalue weighted by molar-refractivity contribution is 5.97. The lowest BCUT2D eigenvalue weighted by atomic mass is 9.76. The van der Waals surface area contributed by atoms with Crippen LogP contribution >= 0.6 is 0 Å². The van der Waals surface area contributed by atoms with E-state index in [2.05, 4.69) is 62.6 Å². The van der Waals surface area contributed by atoms with Crippen LogP contribution in [0.3, 0.4) is 0 Å². The molecule has 0 N–H and O–H groups in total. The summed E-state index contributed by atoms with van der Waals surface area (Å²) in [4.78, 5) is 17.7. The first kappa shape index (κ1) is 22.7. The maximum absolute atomic E-state index is 12.8. The zero-order chi connectivity index (χ0) is 23.0. The van der Waals surface area contributed by atoms with E-state index in [4.69, 9.17) is 4.74 Å². The Morgan fingerprint density at radius 3 is 2.56 bits per heavy atom. The average Bonchev–Trinajstić information content (AvgIpc) is 3.56. The van der Waals surface area contributed by atoms with E-state index in [1.807, 2.05) is 25.1 Å². The molecule has 1 fully saturated rings. The van der Waals surface area contributed by atoms with E-state index in [1.165, 1.54) is 35.3 Å². The van der Waals surface area contributed by atoms with Crippen LogP contribution in [0.5, 0.6) is 0 Å². The smallest absolute Gasteiger partial charge is 0.340 e. The van der Waals surface area contributed by atoms with E-state index in [0.29, 0.717) is 24.1 Å². The van der Waals surface area contributed by atoms with Crippen molar-refractivity contribution < 1.29 is 9.53 Å². The van der Waals surface area contributed by atoms with Crippen molar-refractivity contribution in [1.82, 2.24) is 0 Å². The van der Waals surface area contributed by atoms with Gasteiger partial charge in [-0.3, -0.25) is 0 Å². The van der Waals surface area contributed by atoms with Crippen LogP contribution in [0.25, 0.3) is 0 Å². The number of esters is 1. The molecule has 4 heteroatoms. The Labute approximate surface area is 193 Å². The van der Waals surface area contributed by atoms with E-state index in [0.717, 1.165) is 25.2 Å². The molecule has 32 heavy (non-hydrogen) atoms. The van der Waals surface area contributed by atoms with Gasteiger partial charge < -0.3 is 14.5 Å². The molecule has 0 aromatic heterocycles. The first-order valence-corrected chi connectivity index (χ1v) is 12.2. The highest BCUT2D eigenvalue weighted by Crippen LogP contribution is 2.46. The number of benzene rings is 2. The number of hydrogen-bond acceptors (Lipinski definition) is 4. The van der Waals surface area contributed by atoms with E-state index in [1.54, 1.807) is 0 Å². The number of hydrogen-bond donors (Lipinski definition) is 0. The highest BCUT2D eigenvalue weighted by Gasteiger charge is 2.35. The van der Waals surface area contributed by atoms with E-state index < -0.39 is 0 Å². The number of carbonyl (C=O) groups excluding carboxylic acids is 1. The minimum absolute atomic E-state index is 0.120. The fourth-order valence-corrected chi connectivity index (χ4v) is 4.92. The van der Waals surface area contributed by atoms with Crippen LogP contribution in [0.4, 0.5) is 17.1 Å². The molecule has 0 bridgehead atoms. The molecule has 2 aromatic carbocycles. The Morgan fingerprint density at radius 2 is 1.91 bits per heavy atom. The van der Waals surface area contributed by atoms with Crippen LogP contribution in [0.2, 0.25) is 0 Å². The van der Waals surface area contributed by atoms with Gasteiger partial charge in [-0.05, 0) is 93.7 Å². The first-order valence-electron chi connectivity index (χ1n) is 12.2. The number of aryl methyl sites for hydroxylation is 1. The Hall–Kier alpha value is -2.49. The molecule has 0 saturated heterocycles. The molecule has 4 rings (SSSR count). The minimum Gasteiger partial charge on any atom is -0.462 e. The molecule has 1 aliphatic carbocycles. The third kappa shape index (κ3) is 4.37. The summed E-state index contributed by atoms with van der Waals surface area (Å²) in [6, 6.07) is 13.2. The normalized spacial score (nSPS) is 17.3. The Balaban J connectivity index is 1.85. The predicted octanol–water partition coefficient (Wildman–Crippen LogP) is 6.62. The largest absolute Gasteiger partial charge is 0.462 e. The molecule has 0 radical (unpaired) electrons. The Morgan fingerprint density at radius 1 is 1.19 bits per heavy atom. The summed E-state index contributed by atoms with van der Waals surface area (Å²) in [7, 11) is 0. The van der Waals surface area contributed by atoms with Gasteiger partial charge in [0, 0.05) is 30.5 Å². The quantitative estimate of drug-likeness (QED) is 0.459. The summed E-state index contributed by atoms with van der Waals surface area (Å²) >= 11 is 0. The summed E-state index contributed by atoms with van der Waals surface area (Å²) in [6.45, 7) is 15.8. The molecule has 0 atom stereocenters. The van der Waals surface area contributed by atoms with Crippen LogP contribution in [0, 0.1) is 12.8 Å². The van der Waals surface area contributed by atoms with Crippen molar-refractivity contribution in [1.29, 1.82) is 0 Å². The molecule has 172 valence electrons.